The molecule has 114 valence electrons. The van der Waals surface area contributed by atoms with Gasteiger partial charge in [-0.2, -0.15) is 9.67 Å². The van der Waals surface area contributed by atoms with E-state index in [1.807, 2.05) is 18.2 Å². The highest BCUT2D eigenvalue weighted by atomic mass is 16.3. The van der Waals surface area contributed by atoms with Gasteiger partial charge in [-0.1, -0.05) is 6.07 Å². The summed E-state index contributed by atoms with van der Waals surface area (Å²) in [4.78, 5) is 15.7. The Morgan fingerprint density at radius 3 is 2.82 bits per heavy atom. The van der Waals surface area contributed by atoms with Crippen LogP contribution >= 0.6 is 0 Å². The predicted molar refractivity (Wildman–Crippen MR) is 78.9 cm³/mol. The molecule has 1 amide bonds. The third-order valence-electron chi connectivity index (χ3n) is 3.01. The van der Waals surface area contributed by atoms with Crippen LogP contribution in [0.5, 0.6) is 5.75 Å². The quantitative estimate of drug-likeness (QED) is 0.412. The first kappa shape index (κ1) is 15.6. The van der Waals surface area contributed by atoms with E-state index in [4.69, 9.17) is 0 Å². The summed E-state index contributed by atoms with van der Waals surface area (Å²) >= 11 is 0. The molecule has 2 aromatic heterocycles. The minimum absolute atomic E-state index is 0.0676. The smallest absolute Gasteiger partial charge is 0.305 e. The lowest BCUT2D eigenvalue weighted by molar-refractivity contribution is -0.684. The molecule has 0 aliphatic heterocycles. The number of nitrogens with zero attached hydrogens (tertiary/aromatic N) is 3. The zero-order chi connectivity index (χ0) is 15.9. The fourth-order valence-corrected chi connectivity index (χ4v) is 1.83. The third-order valence-corrected chi connectivity index (χ3v) is 3.01. The van der Waals surface area contributed by atoms with E-state index in [1.54, 1.807) is 23.9 Å². The summed E-state index contributed by atoms with van der Waals surface area (Å²) in [6, 6.07) is 5.50. The second-order valence-corrected chi connectivity index (χ2v) is 4.63. The van der Waals surface area contributed by atoms with Gasteiger partial charge in [0.05, 0.1) is 18.5 Å². The van der Waals surface area contributed by atoms with Crippen LogP contribution in [0.15, 0.2) is 41.9 Å². The lowest BCUT2D eigenvalue weighted by atomic mass is 10.1. The maximum Gasteiger partial charge on any atom is 0.305 e. The Hall–Kier alpha value is -2.80. The van der Waals surface area contributed by atoms with Crippen molar-refractivity contribution >= 4 is 12.1 Å². The number of nitrogens with one attached hydrogen (secondary N) is 1. The van der Waals surface area contributed by atoms with Crippen LogP contribution in [-0.2, 0) is 17.9 Å². The van der Waals surface area contributed by atoms with Crippen molar-refractivity contribution in [3.05, 3.63) is 53.6 Å². The number of hydrazone groups is 1. The summed E-state index contributed by atoms with van der Waals surface area (Å²) in [6.07, 6.45) is 6.29. The molecular formula is C15H17N4O3+. The van der Waals surface area contributed by atoms with Crippen molar-refractivity contribution in [2.75, 3.05) is 0 Å². The standard InChI is InChI=1S/C15H16N4O3/c1-11-15(22)13(12(10-20)7-16-11)8-17-18-14(21)9-19-5-3-2-4-6-19/h2-8,20H,9-10H2,1H3,(H-,16,17,18,21,22)/p+1. The molecule has 0 unspecified atom stereocenters. The predicted octanol–water partition coefficient (Wildman–Crippen LogP) is 0.0257. The molecule has 2 heterocycles. The highest BCUT2D eigenvalue weighted by Gasteiger charge is 2.10. The molecule has 0 saturated carbocycles. The Bertz CT molecular complexity index is 687. The SMILES string of the molecule is Cc1ncc(CO)c(/C=N/NC(=O)C[n+]2ccccc2)c1O. The number of rotatable bonds is 5. The van der Waals surface area contributed by atoms with Crippen molar-refractivity contribution in [3.8, 4) is 5.75 Å². The maximum absolute atomic E-state index is 11.7. The summed E-state index contributed by atoms with van der Waals surface area (Å²) in [5, 5.41) is 23.0. The molecule has 0 aliphatic carbocycles. The van der Waals surface area contributed by atoms with Crippen molar-refractivity contribution in [1.29, 1.82) is 0 Å². The fraction of sp³-hybridized carbons (Fsp3) is 0.200. The molecule has 0 saturated heterocycles. The number of aryl methyl sites for hydroxylation is 1. The zero-order valence-electron chi connectivity index (χ0n) is 12.1. The number of amides is 1. The fourth-order valence-electron chi connectivity index (χ4n) is 1.83. The minimum atomic E-state index is -0.303. The van der Waals surface area contributed by atoms with Crippen LogP contribution in [0.1, 0.15) is 16.8 Å². The van der Waals surface area contributed by atoms with Gasteiger partial charge in [0, 0.05) is 29.5 Å². The summed E-state index contributed by atoms with van der Waals surface area (Å²) in [7, 11) is 0. The maximum atomic E-state index is 11.7. The van der Waals surface area contributed by atoms with Crippen molar-refractivity contribution in [2.24, 2.45) is 5.10 Å². The largest absolute Gasteiger partial charge is 0.505 e. The van der Waals surface area contributed by atoms with Gasteiger partial charge in [0.25, 0.3) is 0 Å². The van der Waals surface area contributed by atoms with Gasteiger partial charge in [-0.25, -0.2) is 5.43 Å². The van der Waals surface area contributed by atoms with E-state index >= 15 is 0 Å². The van der Waals surface area contributed by atoms with Crippen LogP contribution < -0.4 is 9.99 Å². The van der Waals surface area contributed by atoms with E-state index in [-0.39, 0.29) is 24.8 Å². The number of carbonyl (C=O) groups is 1. The van der Waals surface area contributed by atoms with Crippen LogP contribution in [0.4, 0.5) is 0 Å². The van der Waals surface area contributed by atoms with Gasteiger partial charge >= 0.3 is 5.91 Å². The Labute approximate surface area is 127 Å². The average molecular weight is 301 g/mol. The number of pyridine rings is 2. The molecule has 22 heavy (non-hydrogen) atoms. The Morgan fingerprint density at radius 2 is 2.14 bits per heavy atom. The summed E-state index contributed by atoms with van der Waals surface area (Å²) in [6.45, 7) is 1.49. The molecule has 0 radical (unpaired) electrons. The lowest BCUT2D eigenvalue weighted by Crippen LogP contribution is -2.40. The second kappa shape index (κ2) is 7.28. The first-order chi connectivity index (χ1) is 10.6. The van der Waals surface area contributed by atoms with Crippen molar-refractivity contribution in [3.63, 3.8) is 0 Å². The second-order valence-electron chi connectivity index (χ2n) is 4.63. The van der Waals surface area contributed by atoms with E-state index in [1.165, 1.54) is 12.4 Å². The number of aromatic hydroxyl groups is 1. The Kier molecular flexibility index (Phi) is 5.16. The Balaban J connectivity index is 2.04. The zero-order valence-corrected chi connectivity index (χ0v) is 12.1. The molecule has 0 bridgehead atoms. The number of carbonyl (C=O) groups excluding carboxylic acids is 1. The van der Waals surface area contributed by atoms with Gasteiger partial charge in [-0.05, 0) is 6.92 Å². The average Bonchev–Trinajstić information content (AvgIpc) is 2.52. The molecular weight excluding hydrogens is 284 g/mol. The van der Waals surface area contributed by atoms with Gasteiger partial charge in [0.15, 0.2) is 12.4 Å². The molecule has 7 nitrogen and oxygen atoms in total. The first-order valence-electron chi connectivity index (χ1n) is 6.66. The van der Waals surface area contributed by atoms with Crippen molar-refractivity contribution in [2.45, 2.75) is 20.1 Å². The number of aromatic nitrogens is 2. The van der Waals surface area contributed by atoms with Crippen molar-refractivity contribution in [1.82, 2.24) is 10.4 Å². The van der Waals surface area contributed by atoms with Crippen LogP contribution in [0.2, 0.25) is 0 Å². The van der Waals surface area contributed by atoms with E-state index in [0.29, 0.717) is 16.8 Å². The third kappa shape index (κ3) is 3.86. The van der Waals surface area contributed by atoms with E-state index in [9.17, 15) is 15.0 Å². The van der Waals surface area contributed by atoms with Gasteiger partial charge in [-0.3, -0.25) is 9.78 Å². The molecule has 0 aliphatic rings. The highest BCUT2D eigenvalue weighted by Crippen LogP contribution is 2.21. The molecule has 7 heteroatoms. The van der Waals surface area contributed by atoms with Gasteiger partial charge < -0.3 is 10.2 Å². The van der Waals surface area contributed by atoms with Gasteiger partial charge in [-0.15, -0.1) is 0 Å². The minimum Gasteiger partial charge on any atom is -0.505 e. The number of hydrogen-bond acceptors (Lipinski definition) is 5. The van der Waals surface area contributed by atoms with Gasteiger partial charge in [0.2, 0.25) is 6.54 Å². The van der Waals surface area contributed by atoms with Crippen LogP contribution in [0, 0.1) is 6.92 Å². The normalized spacial score (nSPS) is 10.8. The van der Waals surface area contributed by atoms with Crippen molar-refractivity contribution < 1.29 is 19.6 Å². The summed E-state index contributed by atoms with van der Waals surface area (Å²) in [5.74, 6) is -0.370. The monoisotopic (exact) mass is 301 g/mol. The van der Waals surface area contributed by atoms with Gasteiger partial charge in [0.1, 0.15) is 5.75 Å². The molecule has 2 aromatic rings. The number of aliphatic hydroxyl groups is 1. The van der Waals surface area contributed by atoms with Crippen LogP contribution in [-0.4, -0.2) is 27.3 Å². The molecule has 0 spiro atoms. The molecule has 2 rings (SSSR count). The van der Waals surface area contributed by atoms with Crippen LogP contribution in [0.25, 0.3) is 0 Å². The Morgan fingerprint density at radius 1 is 1.41 bits per heavy atom. The van der Waals surface area contributed by atoms with Crippen LogP contribution in [0.3, 0.4) is 0 Å². The lowest BCUT2D eigenvalue weighted by Gasteiger charge is -2.06. The molecule has 3 N–H and O–H groups in total. The first-order valence-corrected chi connectivity index (χ1v) is 6.66. The summed E-state index contributed by atoms with van der Waals surface area (Å²) in [5.41, 5.74) is 3.56. The van der Waals surface area contributed by atoms with E-state index < -0.39 is 0 Å². The number of hydrogen-bond donors (Lipinski definition) is 3. The van der Waals surface area contributed by atoms with E-state index in [0.717, 1.165) is 0 Å². The molecule has 0 fully saturated rings. The molecule has 0 aromatic carbocycles. The topological polar surface area (TPSA) is 98.7 Å². The highest BCUT2D eigenvalue weighted by molar-refractivity contribution is 5.86. The molecule has 0 atom stereocenters. The number of aliphatic hydroxyl groups excluding tert-OH is 1. The summed E-state index contributed by atoms with van der Waals surface area (Å²) < 4.78 is 1.71. The van der Waals surface area contributed by atoms with E-state index in [2.05, 4.69) is 15.5 Å².